The molecule has 0 rings (SSSR count). The lowest BCUT2D eigenvalue weighted by molar-refractivity contribution is -0.142. The Morgan fingerprint density at radius 2 is 1.75 bits per heavy atom. The van der Waals surface area contributed by atoms with E-state index in [2.05, 4.69) is 10.0 Å². The fraction of sp³-hybridized carbons (Fsp3) is 0.833. The minimum Gasteiger partial charge on any atom is -0.480 e. The zero-order chi connectivity index (χ0) is 15.9. The van der Waals surface area contributed by atoms with E-state index < -0.39 is 34.0 Å². The second-order valence-corrected chi connectivity index (χ2v) is 7.06. The number of nitrogens with one attached hydrogen (secondary N) is 2. The molecule has 0 spiro atoms. The summed E-state index contributed by atoms with van der Waals surface area (Å²) in [6.45, 7) is 6.79. The molecule has 0 bridgehead atoms. The van der Waals surface area contributed by atoms with Crippen molar-refractivity contribution in [1.82, 2.24) is 10.0 Å². The van der Waals surface area contributed by atoms with Crippen molar-refractivity contribution in [3.05, 3.63) is 0 Å². The number of amides is 1. The third kappa shape index (κ3) is 7.44. The Morgan fingerprint density at radius 1 is 1.20 bits per heavy atom. The maximum Gasteiger partial charge on any atom is 0.326 e. The first kappa shape index (κ1) is 18.9. The number of sulfonamides is 1. The molecule has 0 aromatic rings. The molecule has 0 radical (unpaired) electrons. The SMILES string of the molecule is CCCS(=O)(=O)NC(C)C(=O)NC(CC(C)C)C(=O)O. The molecule has 0 aliphatic rings. The summed E-state index contributed by atoms with van der Waals surface area (Å²) < 4.78 is 25.3. The van der Waals surface area contributed by atoms with Crippen LogP contribution < -0.4 is 10.0 Å². The third-order valence-electron chi connectivity index (χ3n) is 2.54. The maximum atomic E-state index is 11.8. The van der Waals surface area contributed by atoms with Gasteiger partial charge >= 0.3 is 5.97 Å². The molecule has 1 amide bonds. The van der Waals surface area contributed by atoms with Crippen molar-refractivity contribution < 1.29 is 23.1 Å². The Kier molecular flexibility index (Phi) is 7.74. The summed E-state index contributed by atoms with van der Waals surface area (Å²) in [6, 6.07) is -2.01. The van der Waals surface area contributed by atoms with Gasteiger partial charge < -0.3 is 10.4 Å². The molecule has 0 aromatic heterocycles. The third-order valence-corrected chi connectivity index (χ3v) is 4.20. The minimum atomic E-state index is -3.51. The average molecular weight is 308 g/mol. The summed E-state index contributed by atoms with van der Waals surface area (Å²) in [5, 5.41) is 11.4. The van der Waals surface area contributed by atoms with Crippen LogP contribution in [0.1, 0.15) is 40.5 Å². The molecule has 20 heavy (non-hydrogen) atoms. The van der Waals surface area contributed by atoms with Gasteiger partial charge in [0.05, 0.1) is 11.8 Å². The summed E-state index contributed by atoms with van der Waals surface area (Å²) in [5.74, 6) is -1.74. The Hall–Kier alpha value is -1.15. The topological polar surface area (TPSA) is 113 Å². The van der Waals surface area contributed by atoms with Crippen molar-refractivity contribution >= 4 is 21.9 Å². The Labute approximate surface area is 120 Å². The average Bonchev–Trinajstić information content (AvgIpc) is 2.26. The number of carboxylic acids is 1. The van der Waals surface area contributed by atoms with Crippen LogP contribution in [0.15, 0.2) is 0 Å². The van der Waals surface area contributed by atoms with Gasteiger partial charge in [-0.1, -0.05) is 20.8 Å². The van der Waals surface area contributed by atoms with E-state index in [0.29, 0.717) is 6.42 Å². The normalized spacial score (nSPS) is 14.8. The molecule has 2 unspecified atom stereocenters. The molecular weight excluding hydrogens is 284 g/mol. The van der Waals surface area contributed by atoms with Gasteiger partial charge in [0, 0.05) is 0 Å². The van der Waals surface area contributed by atoms with E-state index in [1.807, 2.05) is 13.8 Å². The molecule has 8 heteroatoms. The standard InChI is InChI=1S/C12H24N2O5S/c1-5-6-20(18,19)14-9(4)11(15)13-10(12(16)17)7-8(2)3/h8-10,14H,5-7H2,1-4H3,(H,13,15)(H,16,17). The van der Waals surface area contributed by atoms with Crippen LogP contribution in [0, 0.1) is 5.92 Å². The molecule has 7 nitrogen and oxygen atoms in total. The van der Waals surface area contributed by atoms with Crippen LogP contribution >= 0.6 is 0 Å². The molecule has 118 valence electrons. The molecule has 0 aliphatic heterocycles. The van der Waals surface area contributed by atoms with E-state index in [-0.39, 0.29) is 18.1 Å². The second kappa shape index (κ2) is 8.21. The largest absolute Gasteiger partial charge is 0.480 e. The molecular formula is C12H24N2O5S. The van der Waals surface area contributed by atoms with Crippen LogP contribution in [-0.2, 0) is 19.6 Å². The number of carboxylic acid groups (broad SMARTS) is 1. The highest BCUT2D eigenvalue weighted by Crippen LogP contribution is 2.05. The number of carbonyl (C=O) groups excluding carboxylic acids is 1. The van der Waals surface area contributed by atoms with Crippen molar-refractivity contribution in [3.8, 4) is 0 Å². The Morgan fingerprint density at radius 3 is 2.15 bits per heavy atom. The molecule has 0 fully saturated rings. The predicted molar refractivity (Wildman–Crippen MR) is 75.7 cm³/mol. The van der Waals surface area contributed by atoms with Gasteiger partial charge in [-0.2, -0.15) is 0 Å². The fourth-order valence-electron chi connectivity index (χ4n) is 1.64. The number of rotatable bonds is 9. The van der Waals surface area contributed by atoms with Gasteiger partial charge in [0.25, 0.3) is 0 Å². The molecule has 0 aliphatic carbocycles. The van der Waals surface area contributed by atoms with Gasteiger partial charge in [-0.25, -0.2) is 17.9 Å². The fourth-order valence-corrected chi connectivity index (χ4v) is 2.94. The van der Waals surface area contributed by atoms with Gasteiger partial charge in [-0.05, 0) is 25.7 Å². The second-order valence-electron chi connectivity index (χ2n) is 5.19. The van der Waals surface area contributed by atoms with E-state index in [9.17, 15) is 18.0 Å². The highest BCUT2D eigenvalue weighted by Gasteiger charge is 2.25. The maximum absolute atomic E-state index is 11.8. The van der Waals surface area contributed by atoms with Crippen LogP contribution in [0.2, 0.25) is 0 Å². The molecule has 2 atom stereocenters. The van der Waals surface area contributed by atoms with Crippen LogP contribution in [0.5, 0.6) is 0 Å². The van der Waals surface area contributed by atoms with Gasteiger partial charge in [0.1, 0.15) is 6.04 Å². The first-order chi connectivity index (χ1) is 9.09. The van der Waals surface area contributed by atoms with E-state index in [1.54, 1.807) is 6.92 Å². The minimum absolute atomic E-state index is 0.0705. The lowest BCUT2D eigenvalue weighted by Crippen LogP contribution is -2.50. The zero-order valence-electron chi connectivity index (χ0n) is 12.3. The van der Waals surface area contributed by atoms with Crippen molar-refractivity contribution in [1.29, 1.82) is 0 Å². The van der Waals surface area contributed by atoms with Gasteiger partial charge in [-0.3, -0.25) is 4.79 Å². The number of carbonyl (C=O) groups is 2. The smallest absolute Gasteiger partial charge is 0.326 e. The van der Waals surface area contributed by atoms with Crippen LogP contribution in [0.25, 0.3) is 0 Å². The summed E-state index contributed by atoms with van der Waals surface area (Å²) >= 11 is 0. The molecule has 0 aromatic carbocycles. The van der Waals surface area contributed by atoms with Gasteiger partial charge in [0.2, 0.25) is 15.9 Å². The first-order valence-corrected chi connectivity index (χ1v) is 8.27. The first-order valence-electron chi connectivity index (χ1n) is 6.62. The van der Waals surface area contributed by atoms with Gasteiger partial charge in [-0.15, -0.1) is 0 Å². The van der Waals surface area contributed by atoms with E-state index in [0.717, 1.165) is 0 Å². The number of aliphatic carboxylic acids is 1. The molecule has 3 N–H and O–H groups in total. The van der Waals surface area contributed by atoms with Crippen LogP contribution in [-0.4, -0.2) is 43.2 Å². The lowest BCUT2D eigenvalue weighted by Gasteiger charge is -2.19. The molecule has 0 saturated heterocycles. The van der Waals surface area contributed by atoms with Crippen molar-refractivity contribution in [2.75, 3.05) is 5.75 Å². The Bertz CT molecular complexity index is 433. The zero-order valence-corrected chi connectivity index (χ0v) is 13.2. The molecule has 0 heterocycles. The van der Waals surface area contributed by atoms with E-state index in [4.69, 9.17) is 5.11 Å². The summed E-state index contributed by atoms with van der Waals surface area (Å²) in [5.41, 5.74) is 0. The van der Waals surface area contributed by atoms with Crippen LogP contribution in [0.4, 0.5) is 0 Å². The summed E-state index contributed by atoms with van der Waals surface area (Å²) in [6.07, 6.45) is 0.726. The van der Waals surface area contributed by atoms with Crippen LogP contribution in [0.3, 0.4) is 0 Å². The highest BCUT2D eigenvalue weighted by molar-refractivity contribution is 7.89. The quantitative estimate of drug-likeness (QED) is 0.568. The molecule has 0 saturated carbocycles. The lowest BCUT2D eigenvalue weighted by atomic mass is 10.0. The number of hydrogen-bond acceptors (Lipinski definition) is 4. The van der Waals surface area contributed by atoms with E-state index in [1.165, 1.54) is 6.92 Å². The van der Waals surface area contributed by atoms with Crippen molar-refractivity contribution in [2.45, 2.75) is 52.6 Å². The highest BCUT2D eigenvalue weighted by atomic mass is 32.2. The van der Waals surface area contributed by atoms with Crippen molar-refractivity contribution in [3.63, 3.8) is 0 Å². The monoisotopic (exact) mass is 308 g/mol. The van der Waals surface area contributed by atoms with Crippen molar-refractivity contribution in [2.24, 2.45) is 5.92 Å². The Balaban J connectivity index is 4.61. The van der Waals surface area contributed by atoms with E-state index >= 15 is 0 Å². The predicted octanol–water partition coefficient (Wildman–Crippen LogP) is 0.320. The summed E-state index contributed by atoms with van der Waals surface area (Å²) in [4.78, 5) is 22.8. The summed E-state index contributed by atoms with van der Waals surface area (Å²) in [7, 11) is -3.51. The number of hydrogen-bond donors (Lipinski definition) is 3. The van der Waals surface area contributed by atoms with Gasteiger partial charge in [0.15, 0.2) is 0 Å².